The number of hydrogen-bond acceptors (Lipinski definition) is 2. The summed E-state index contributed by atoms with van der Waals surface area (Å²) in [5.41, 5.74) is 5.73. The number of alkyl halides is 3. The van der Waals surface area contributed by atoms with Gasteiger partial charge >= 0.3 is 0 Å². The zero-order valence-corrected chi connectivity index (χ0v) is 9.31. The summed E-state index contributed by atoms with van der Waals surface area (Å²) >= 11 is 7.46. The first-order valence-electron chi connectivity index (χ1n) is 3.35. The van der Waals surface area contributed by atoms with Crippen molar-refractivity contribution < 1.29 is 8.78 Å². The number of halogens is 4. The molecule has 0 fully saturated rings. The quantitative estimate of drug-likeness (QED) is 0.672. The van der Waals surface area contributed by atoms with Crippen LogP contribution in [0.2, 0.25) is 0 Å². The lowest BCUT2D eigenvalue weighted by Crippen LogP contribution is -2.02. The lowest BCUT2D eigenvalue weighted by Gasteiger charge is -2.06. The number of anilines is 1. The number of nitrogens with two attached hydrogens (primary N) is 1. The Morgan fingerprint density at radius 2 is 2.23 bits per heavy atom. The van der Waals surface area contributed by atoms with Crippen molar-refractivity contribution in [2.45, 2.75) is 12.3 Å². The molecule has 1 rings (SSSR count). The van der Waals surface area contributed by atoms with E-state index in [2.05, 4.69) is 4.98 Å². The Morgan fingerprint density at radius 3 is 2.62 bits per heavy atom. The van der Waals surface area contributed by atoms with E-state index in [9.17, 15) is 8.78 Å². The maximum absolute atomic E-state index is 12.2. The van der Waals surface area contributed by atoms with E-state index >= 15 is 0 Å². The van der Waals surface area contributed by atoms with Crippen molar-refractivity contribution in [2.24, 2.45) is 0 Å². The normalized spacial score (nSPS) is 10.8. The number of aromatic nitrogens is 1. The molecule has 13 heavy (non-hydrogen) atoms. The first-order chi connectivity index (χ1) is 6.06. The number of hydrogen-bond donors (Lipinski definition) is 1. The highest BCUT2D eigenvalue weighted by Gasteiger charge is 2.13. The third-order valence-electron chi connectivity index (χ3n) is 1.48. The Hall–Kier alpha value is -0.170. The first kappa shape index (κ1) is 10.9. The third-order valence-corrected chi connectivity index (χ3v) is 2.71. The maximum atomic E-state index is 12.2. The molecule has 1 heterocycles. The average molecular weight is 318 g/mol. The van der Waals surface area contributed by atoms with Gasteiger partial charge in [0.05, 0.1) is 5.88 Å². The molecule has 0 radical (unpaired) electrons. The summed E-state index contributed by atoms with van der Waals surface area (Å²) < 4.78 is 25.0. The summed E-state index contributed by atoms with van der Waals surface area (Å²) in [5, 5.41) is 0. The van der Waals surface area contributed by atoms with E-state index in [1.54, 1.807) is 0 Å². The molecular weight excluding hydrogens is 312 g/mol. The van der Waals surface area contributed by atoms with E-state index in [4.69, 9.17) is 17.3 Å². The topological polar surface area (TPSA) is 38.9 Å². The van der Waals surface area contributed by atoms with Crippen molar-refractivity contribution in [1.29, 1.82) is 0 Å². The predicted molar refractivity (Wildman–Crippen MR) is 55.9 cm³/mol. The van der Waals surface area contributed by atoms with Crippen molar-refractivity contribution in [3.05, 3.63) is 20.9 Å². The molecule has 0 bridgehead atoms. The minimum atomic E-state index is -2.60. The van der Waals surface area contributed by atoms with Gasteiger partial charge in [-0.3, -0.25) is 0 Å². The molecule has 72 valence electrons. The van der Waals surface area contributed by atoms with Crippen molar-refractivity contribution in [3.63, 3.8) is 0 Å². The van der Waals surface area contributed by atoms with Gasteiger partial charge < -0.3 is 5.73 Å². The SMILES string of the molecule is Nc1nc(C(F)F)cc(I)c1CCl. The highest BCUT2D eigenvalue weighted by molar-refractivity contribution is 14.1. The number of nitrogen functional groups attached to an aromatic ring is 1. The van der Waals surface area contributed by atoms with Crippen LogP contribution in [0.25, 0.3) is 0 Å². The van der Waals surface area contributed by atoms with E-state index in [-0.39, 0.29) is 17.4 Å². The van der Waals surface area contributed by atoms with Gasteiger partial charge in [-0.1, -0.05) is 0 Å². The summed E-state index contributed by atoms with van der Waals surface area (Å²) in [6.07, 6.45) is -2.60. The molecule has 2 nitrogen and oxygen atoms in total. The Kier molecular flexibility index (Phi) is 3.66. The first-order valence-corrected chi connectivity index (χ1v) is 4.96. The highest BCUT2D eigenvalue weighted by Crippen LogP contribution is 2.25. The van der Waals surface area contributed by atoms with Crippen LogP contribution in [-0.4, -0.2) is 4.98 Å². The van der Waals surface area contributed by atoms with E-state index in [1.807, 2.05) is 22.6 Å². The van der Waals surface area contributed by atoms with Crippen molar-refractivity contribution in [1.82, 2.24) is 4.98 Å². The third kappa shape index (κ3) is 2.40. The molecular formula is C7H6ClF2IN2. The van der Waals surface area contributed by atoms with Gasteiger partial charge in [0.25, 0.3) is 6.43 Å². The fraction of sp³-hybridized carbons (Fsp3) is 0.286. The molecule has 1 aromatic heterocycles. The van der Waals surface area contributed by atoms with Gasteiger partial charge in [-0.15, -0.1) is 11.6 Å². The second-order valence-corrected chi connectivity index (χ2v) is 3.76. The molecule has 0 spiro atoms. The van der Waals surface area contributed by atoms with Gasteiger partial charge in [0.2, 0.25) is 0 Å². The zero-order valence-electron chi connectivity index (χ0n) is 6.40. The second kappa shape index (κ2) is 4.36. The van der Waals surface area contributed by atoms with Crippen LogP contribution in [0, 0.1) is 3.57 Å². The van der Waals surface area contributed by atoms with Gasteiger partial charge in [0, 0.05) is 9.13 Å². The van der Waals surface area contributed by atoms with Gasteiger partial charge in [0.15, 0.2) is 0 Å². The number of pyridine rings is 1. The predicted octanol–water partition coefficient (Wildman–Crippen LogP) is 2.94. The Labute approximate surface area is 92.6 Å². The van der Waals surface area contributed by atoms with Gasteiger partial charge in [-0.05, 0) is 28.7 Å². The summed E-state index contributed by atoms with van der Waals surface area (Å²) in [5.74, 6) is 0.262. The number of nitrogens with zero attached hydrogens (tertiary/aromatic N) is 1. The van der Waals surface area contributed by atoms with Gasteiger partial charge in [-0.25, -0.2) is 13.8 Å². The Balaban J connectivity index is 3.20. The Morgan fingerprint density at radius 1 is 1.62 bits per heavy atom. The van der Waals surface area contributed by atoms with E-state index in [0.717, 1.165) is 0 Å². The average Bonchev–Trinajstić information content (AvgIpc) is 2.03. The van der Waals surface area contributed by atoms with E-state index in [0.29, 0.717) is 9.13 Å². The van der Waals surface area contributed by atoms with Gasteiger partial charge in [-0.2, -0.15) is 0 Å². The zero-order chi connectivity index (χ0) is 10.0. The molecule has 0 aromatic carbocycles. The monoisotopic (exact) mass is 318 g/mol. The summed E-state index contributed by atoms with van der Waals surface area (Å²) in [7, 11) is 0. The van der Waals surface area contributed by atoms with Crippen LogP contribution in [-0.2, 0) is 5.88 Å². The van der Waals surface area contributed by atoms with Crippen LogP contribution in [0.3, 0.4) is 0 Å². The second-order valence-electron chi connectivity index (χ2n) is 2.33. The maximum Gasteiger partial charge on any atom is 0.280 e. The van der Waals surface area contributed by atoms with Crippen molar-refractivity contribution >= 4 is 40.0 Å². The van der Waals surface area contributed by atoms with Crippen LogP contribution < -0.4 is 5.73 Å². The van der Waals surface area contributed by atoms with Gasteiger partial charge in [0.1, 0.15) is 11.5 Å². The van der Waals surface area contributed by atoms with Crippen molar-refractivity contribution in [2.75, 3.05) is 5.73 Å². The summed E-state index contributed by atoms with van der Waals surface area (Å²) in [4.78, 5) is 3.54. The fourth-order valence-corrected chi connectivity index (χ4v) is 2.11. The van der Waals surface area contributed by atoms with Crippen molar-refractivity contribution in [3.8, 4) is 0 Å². The minimum Gasteiger partial charge on any atom is -0.383 e. The molecule has 0 unspecified atom stereocenters. The van der Waals surface area contributed by atoms with Crippen LogP contribution in [0.4, 0.5) is 14.6 Å². The standard InChI is InChI=1S/C7H6ClF2IN2/c8-2-3-4(11)1-5(6(9)10)13-7(3)12/h1,6H,2H2,(H2,12,13). The molecule has 0 aliphatic carbocycles. The summed E-state index contributed by atoms with van der Waals surface area (Å²) in [6.45, 7) is 0. The van der Waals surface area contributed by atoms with Crippen LogP contribution in [0.1, 0.15) is 17.7 Å². The molecule has 6 heteroatoms. The largest absolute Gasteiger partial charge is 0.383 e. The highest BCUT2D eigenvalue weighted by atomic mass is 127. The molecule has 0 saturated carbocycles. The van der Waals surface area contributed by atoms with Crippen LogP contribution >= 0.6 is 34.2 Å². The summed E-state index contributed by atoms with van der Waals surface area (Å²) in [6, 6.07) is 1.29. The Bertz CT molecular complexity index is 296. The molecule has 0 saturated heterocycles. The smallest absolute Gasteiger partial charge is 0.280 e. The number of rotatable bonds is 2. The molecule has 0 aliphatic heterocycles. The molecule has 1 aromatic rings. The fourth-order valence-electron chi connectivity index (χ4n) is 0.822. The van der Waals surface area contributed by atoms with E-state index < -0.39 is 6.43 Å². The van der Waals surface area contributed by atoms with Crippen LogP contribution in [0.15, 0.2) is 6.07 Å². The molecule has 0 atom stereocenters. The molecule has 2 N–H and O–H groups in total. The molecule has 0 aliphatic rings. The minimum absolute atomic E-state index is 0.0807. The van der Waals surface area contributed by atoms with E-state index in [1.165, 1.54) is 6.07 Å². The van der Waals surface area contributed by atoms with Crippen LogP contribution in [0.5, 0.6) is 0 Å². The molecule has 0 amide bonds. The lowest BCUT2D eigenvalue weighted by atomic mass is 10.2. The lowest BCUT2D eigenvalue weighted by molar-refractivity contribution is 0.146.